The second-order valence-corrected chi connectivity index (χ2v) is 9.11. The molecule has 2 aromatic heterocycles. The van der Waals surface area contributed by atoms with Gasteiger partial charge in [-0.05, 0) is 66.7 Å². The number of nitrogens with zero attached hydrogens (tertiary/aromatic N) is 4. The molecule has 35 heavy (non-hydrogen) atoms. The van der Waals surface area contributed by atoms with E-state index in [-0.39, 0.29) is 23.6 Å². The quantitative estimate of drug-likeness (QED) is 0.408. The largest absolute Gasteiger partial charge is 0.494 e. The van der Waals surface area contributed by atoms with E-state index in [9.17, 15) is 9.18 Å². The number of halogens is 1. The lowest BCUT2D eigenvalue weighted by molar-refractivity contribution is -0.0344. The Morgan fingerprint density at radius 3 is 2.77 bits per heavy atom. The second kappa shape index (κ2) is 8.07. The van der Waals surface area contributed by atoms with E-state index in [1.54, 1.807) is 12.1 Å². The van der Waals surface area contributed by atoms with E-state index >= 15 is 0 Å². The first-order chi connectivity index (χ1) is 17.0. The van der Waals surface area contributed by atoms with Crippen molar-refractivity contribution in [1.29, 1.82) is 0 Å². The summed E-state index contributed by atoms with van der Waals surface area (Å²) in [5.74, 6) is 0.583. The number of aromatic nitrogens is 4. The standard InChI is InChI=1S/C25H24FN5O4/c1-2-11-33-16-4-5-18-17(13-16)24(32)34-25(18)9-7-15(8-10-25)31-20-6-3-14(26)12-19(20)28-23(31)21-22(27)30-35-29-21/h3-6,12-13,15H,2,7-11H2,1H3,(H2,27,30). The number of nitrogens with two attached hydrogens (primary N) is 1. The van der Waals surface area contributed by atoms with E-state index in [1.165, 1.54) is 12.1 Å². The van der Waals surface area contributed by atoms with Crippen LogP contribution in [0, 0.1) is 5.82 Å². The lowest BCUT2D eigenvalue weighted by atomic mass is 9.77. The predicted octanol–water partition coefficient (Wildman–Crippen LogP) is 4.78. The minimum Gasteiger partial charge on any atom is -0.494 e. The fraction of sp³-hybridized carbons (Fsp3) is 0.360. The summed E-state index contributed by atoms with van der Waals surface area (Å²) in [6.45, 7) is 2.63. The van der Waals surface area contributed by atoms with Crippen molar-refractivity contribution < 1.29 is 23.3 Å². The summed E-state index contributed by atoms with van der Waals surface area (Å²) in [5.41, 5.74) is 8.37. The number of carbonyl (C=O) groups is 1. The van der Waals surface area contributed by atoms with Crippen LogP contribution in [0.25, 0.3) is 22.6 Å². The van der Waals surface area contributed by atoms with Crippen molar-refractivity contribution in [3.63, 3.8) is 0 Å². The molecule has 1 aliphatic heterocycles. The maximum atomic E-state index is 13.9. The Hall–Kier alpha value is -3.95. The number of nitrogen functional groups attached to an aromatic ring is 1. The van der Waals surface area contributed by atoms with Crippen molar-refractivity contribution in [1.82, 2.24) is 19.9 Å². The number of rotatable bonds is 5. The van der Waals surface area contributed by atoms with Crippen molar-refractivity contribution in [2.75, 3.05) is 12.3 Å². The zero-order valence-electron chi connectivity index (χ0n) is 19.2. The van der Waals surface area contributed by atoms with E-state index in [1.807, 2.05) is 23.6 Å². The first kappa shape index (κ1) is 21.6. The average Bonchev–Trinajstić information content (AvgIpc) is 3.52. The third-order valence-corrected chi connectivity index (χ3v) is 6.97. The summed E-state index contributed by atoms with van der Waals surface area (Å²) in [7, 11) is 0. The van der Waals surface area contributed by atoms with Crippen LogP contribution in [0.5, 0.6) is 5.75 Å². The number of anilines is 1. The van der Waals surface area contributed by atoms with Gasteiger partial charge in [-0.3, -0.25) is 0 Å². The van der Waals surface area contributed by atoms with Gasteiger partial charge < -0.3 is 19.8 Å². The highest BCUT2D eigenvalue weighted by Crippen LogP contribution is 2.50. The summed E-state index contributed by atoms with van der Waals surface area (Å²) in [5, 5.41) is 7.61. The molecular weight excluding hydrogens is 453 g/mol. The monoisotopic (exact) mass is 477 g/mol. The van der Waals surface area contributed by atoms with Gasteiger partial charge in [-0.25, -0.2) is 18.8 Å². The summed E-state index contributed by atoms with van der Waals surface area (Å²) in [6.07, 6.45) is 3.58. The van der Waals surface area contributed by atoms with Crippen LogP contribution in [0.4, 0.5) is 10.2 Å². The van der Waals surface area contributed by atoms with Crippen LogP contribution in [-0.2, 0) is 10.3 Å². The van der Waals surface area contributed by atoms with Crippen LogP contribution in [0.1, 0.15) is 61.0 Å². The van der Waals surface area contributed by atoms with Crippen molar-refractivity contribution in [2.24, 2.45) is 0 Å². The van der Waals surface area contributed by atoms with Gasteiger partial charge in [0.15, 0.2) is 17.3 Å². The molecule has 1 saturated carbocycles. The molecule has 0 saturated heterocycles. The Balaban J connectivity index is 1.33. The third kappa shape index (κ3) is 3.43. The molecule has 3 heterocycles. The van der Waals surface area contributed by atoms with E-state index in [0.717, 1.165) is 17.5 Å². The molecule has 6 rings (SSSR count). The molecule has 2 aromatic carbocycles. The molecule has 4 aromatic rings. The molecule has 1 aliphatic carbocycles. The van der Waals surface area contributed by atoms with Gasteiger partial charge in [0.25, 0.3) is 0 Å². The zero-order chi connectivity index (χ0) is 24.2. The normalized spacial score (nSPS) is 21.4. The maximum absolute atomic E-state index is 13.9. The summed E-state index contributed by atoms with van der Waals surface area (Å²) >= 11 is 0. The number of hydrogen-bond acceptors (Lipinski definition) is 8. The highest BCUT2D eigenvalue weighted by Gasteiger charge is 2.48. The second-order valence-electron chi connectivity index (χ2n) is 9.11. The van der Waals surface area contributed by atoms with Crippen molar-refractivity contribution in [3.05, 3.63) is 53.3 Å². The van der Waals surface area contributed by atoms with Gasteiger partial charge in [0.2, 0.25) is 0 Å². The number of imidazole rings is 1. The summed E-state index contributed by atoms with van der Waals surface area (Å²) in [4.78, 5) is 17.4. The Morgan fingerprint density at radius 1 is 1.20 bits per heavy atom. The fourth-order valence-corrected chi connectivity index (χ4v) is 5.34. The molecule has 2 aliphatic rings. The van der Waals surface area contributed by atoms with Gasteiger partial charge in [0, 0.05) is 17.7 Å². The Kier molecular flexibility index (Phi) is 4.98. The number of ether oxygens (including phenoxy) is 2. The SMILES string of the molecule is CCCOc1ccc2c(c1)C(=O)OC21CCC(n2c(-c3nonc3N)nc3cc(F)ccc32)CC1. The highest BCUT2D eigenvalue weighted by molar-refractivity contribution is 5.95. The summed E-state index contributed by atoms with van der Waals surface area (Å²) < 4.78 is 32.5. The molecule has 0 amide bonds. The van der Waals surface area contributed by atoms with Gasteiger partial charge in [0.1, 0.15) is 17.2 Å². The maximum Gasteiger partial charge on any atom is 0.339 e. The number of hydrogen-bond donors (Lipinski definition) is 1. The molecule has 1 spiro atoms. The molecule has 0 atom stereocenters. The lowest BCUT2D eigenvalue weighted by Gasteiger charge is -2.37. The minimum atomic E-state index is -0.663. The average molecular weight is 477 g/mol. The molecule has 180 valence electrons. The number of esters is 1. The highest BCUT2D eigenvalue weighted by atomic mass is 19.1. The Bertz CT molecular complexity index is 1440. The number of fused-ring (bicyclic) bond motifs is 3. The van der Waals surface area contributed by atoms with E-state index in [2.05, 4.69) is 15.3 Å². The molecule has 2 N–H and O–H groups in total. The molecule has 10 heteroatoms. The van der Waals surface area contributed by atoms with Crippen LogP contribution in [-0.4, -0.2) is 32.4 Å². The molecule has 9 nitrogen and oxygen atoms in total. The van der Waals surface area contributed by atoms with E-state index in [0.29, 0.717) is 60.6 Å². The molecular formula is C25H24FN5O4. The smallest absolute Gasteiger partial charge is 0.339 e. The van der Waals surface area contributed by atoms with Gasteiger partial charge in [-0.15, -0.1) is 0 Å². The van der Waals surface area contributed by atoms with Crippen molar-refractivity contribution >= 4 is 22.8 Å². The molecule has 1 fully saturated rings. The topological polar surface area (TPSA) is 118 Å². The van der Waals surface area contributed by atoms with Crippen LogP contribution < -0.4 is 10.5 Å². The van der Waals surface area contributed by atoms with Gasteiger partial charge in [-0.1, -0.05) is 13.0 Å². The molecule has 0 radical (unpaired) electrons. The lowest BCUT2D eigenvalue weighted by Crippen LogP contribution is -2.33. The van der Waals surface area contributed by atoms with Crippen molar-refractivity contribution in [3.8, 4) is 17.3 Å². The van der Waals surface area contributed by atoms with Gasteiger partial charge >= 0.3 is 5.97 Å². The minimum absolute atomic E-state index is 0.0112. The van der Waals surface area contributed by atoms with Crippen molar-refractivity contribution in [2.45, 2.75) is 50.7 Å². The van der Waals surface area contributed by atoms with Crippen LogP contribution >= 0.6 is 0 Å². The Labute approximate surface area is 200 Å². The zero-order valence-corrected chi connectivity index (χ0v) is 19.2. The van der Waals surface area contributed by atoms with Crippen LogP contribution in [0.15, 0.2) is 41.0 Å². The van der Waals surface area contributed by atoms with Crippen LogP contribution in [0.2, 0.25) is 0 Å². The summed E-state index contributed by atoms with van der Waals surface area (Å²) in [6, 6.07) is 10.2. The molecule has 0 unspecified atom stereocenters. The predicted molar refractivity (Wildman–Crippen MR) is 124 cm³/mol. The fourth-order valence-electron chi connectivity index (χ4n) is 5.34. The van der Waals surface area contributed by atoms with E-state index < -0.39 is 5.60 Å². The number of benzene rings is 2. The first-order valence-corrected chi connectivity index (χ1v) is 11.8. The third-order valence-electron chi connectivity index (χ3n) is 6.97. The van der Waals surface area contributed by atoms with Crippen LogP contribution in [0.3, 0.4) is 0 Å². The Morgan fingerprint density at radius 2 is 2.03 bits per heavy atom. The number of carbonyl (C=O) groups excluding carboxylic acids is 1. The van der Waals surface area contributed by atoms with E-state index in [4.69, 9.17) is 19.8 Å². The van der Waals surface area contributed by atoms with Gasteiger partial charge in [-0.2, -0.15) is 0 Å². The van der Waals surface area contributed by atoms with Gasteiger partial charge in [0.05, 0.1) is 23.2 Å². The first-order valence-electron chi connectivity index (χ1n) is 11.8. The molecule has 0 bridgehead atoms.